The second-order valence-electron chi connectivity index (χ2n) is 3.88. The summed E-state index contributed by atoms with van der Waals surface area (Å²) in [5.74, 6) is 0.587. The molecular formula is C12H13ClN4. The van der Waals surface area contributed by atoms with Crippen LogP contribution in [0.2, 0.25) is 5.02 Å². The highest BCUT2D eigenvalue weighted by Gasteiger charge is 2.09. The number of hydrogen-bond donors (Lipinski definition) is 1. The fourth-order valence-corrected chi connectivity index (χ4v) is 1.67. The Morgan fingerprint density at radius 3 is 2.53 bits per heavy atom. The minimum absolute atomic E-state index is 0.0674. The Morgan fingerprint density at radius 2 is 2.00 bits per heavy atom. The van der Waals surface area contributed by atoms with Crippen LogP contribution in [-0.4, -0.2) is 15.0 Å². The summed E-state index contributed by atoms with van der Waals surface area (Å²) < 4.78 is 0. The zero-order valence-electron chi connectivity index (χ0n) is 9.68. The monoisotopic (exact) mass is 248 g/mol. The fourth-order valence-electron chi connectivity index (χ4n) is 1.55. The fraction of sp³-hybridized carbons (Fsp3) is 0.250. The van der Waals surface area contributed by atoms with Crippen molar-refractivity contribution in [2.45, 2.75) is 19.9 Å². The van der Waals surface area contributed by atoms with Gasteiger partial charge >= 0.3 is 0 Å². The average Bonchev–Trinajstić information content (AvgIpc) is 2.29. The van der Waals surface area contributed by atoms with E-state index < -0.39 is 0 Å². The number of rotatable bonds is 2. The van der Waals surface area contributed by atoms with Crippen molar-refractivity contribution in [2.24, 2.45) is 5.73 Å². The highest BCUT2D eigenvalue weighted by atomic mass is 35.5. The van der Waals surface area contributed by atoms with Crippen molar-refractivity contribution >= 4 is 11.6 Å². The minimum atomic E-state index is -0.0674. The molecule has 2 aromatic rings. The maximum absolute atomic E-state index is 5.81. The molecule has 0 aliphatic rings. The highest BCUT2D eigenvalue weighted by Crippen LogP contribution is 2.18. The van der Waals surface area contributed by atoms with Crippen LogP contribution in [0.4, 0.5) is 0 Å². The third kappa shape index (κ3) is 2.60. The van der Waals surface area contributed by atoms with E-state index >= 15 is 0 Å². The quantitative estimate of drug-likeness (QED) is 0.887. The number of aromatic nitrogens is 3. The number of hydrogen-bond acceptors (Lipinski definition) is 4. The molecule has 0 amide bonds. The van der Waals surface area contributed by atoms with E-state index in [4.69, 9.17) is 17.3 Å². The Bertz CT molecular complexity index is 523. The van der Waals surface area contributed by atoms with E-state index in [2.05, 4.69) is 15.0 Å². The summed E-state index contributed by atoms with van der Waals surface area (Å²) in [6.45, 7) is 3.83. The molecule has 2 rings (SSSR count). The van der Waals surface area contributed by atoms with Gasteiger partial charge in [0.1, 0.15) is 5.69 Å². The molecule has 2 N–H and O–H groups in total. The van der Waals surface area contributed by atoms with Crippen LogP contribution in [0.25, 0.3) is 11.5 Å². The zero-order valence-corrected chi connectivity index (χ0v) is 10.4. The third-order valence-electron chi connectivity index (χ3n) is 2.46. The average molecular weight is 249 g/mol. The van der Waals surface area contributed by atoms with Gasteiger partial charge in [0.05, 0.1) is 5.02 Å². The van der Waals surface area contributed by atoms with Gasteiger partial charge in [0.2, 0.25) is 0 Å². The van der Waals surface area contributed by atoms with Crippen LogP contribution in [0.1, 0.15) is 24.2 Å². The van der Waals surface area contributed by atoms with Gasteiger partial charge in [-0.2, -0.15) is 0 Å². The Balaban J connectivity index is 2.41. The Hall–Kier alpha value is -1.52. The van der Waals surface area contributed by atoms with Crippen LogP contribution >= 0.6 is 11.6 Å². The summed E-state index contributed by atoms with van der Waals surface area (Å²) in [7, 11) is 0. The van der Waals surface area contributed by atoms with Crippen LogP contribution in [0.15, 0.2) is 24.5 Å². The van der Waals surface area contributed by atoms with Crippen molar-refractivity contribution < 1.29 is 0 Å². The van der Waals surface area contributed by atoms with Crippen molar-refractivity contribution in [1.29, 1.82) is 0 Å². The largest absolute Gasteiger partial charge is 0.324 e. The molecule has 88 valence electrons. The van der Waals surface area contributed by atoms with E-state index in [-0.39, 0.29) is 6.04 Å². The lowest BCUT2D eigenvalue weighted by atomic mass is 10.1. The van der Waals surface area contributed by atoms with Crippen molar-refractivity contribution in [2.75, 3.05) is 0 Å². The lowest BCUT2D eigenvalue weighted by Gasteiger charge is -2.09. The predicted molar refractivity (Wildman–Crippen MR) is 67.6 cm³/mol. The molecule has 2 heterocycles. The first-order valence-electron chi connectivity index (χ1n) is 5.29. The normalized spacial score (nSPS) is 12.5. The van der Waals surface area contributed by atoms with Crippen molar-refractivity contribution in [3.05, 3.63) is 40.8 Å². The summed E-state index contributed by atoms with van der Waals surface area (Å²) in [6.07, 6.45) is 3.33. The molecule has 0 fully saturated rings. The Kier molecular flexibility index (Phi) is 3.36. The van der Waals surface area contributed by atoms with Crippen molar-refractivity contribution in [1.82, 2.24) is 15.0 Å². The molecule has 0 saturated heterocycles. The lowest BCUT2D eigenvalue weighted by molar-refractivity contribution is 0.790. The summed E-state index contributed by atoms with van der Waals surface area (Å²) in [5, 5.41) is 0.595. The molecule has 0 saturated carbocycles. The molecule has 0 aromatic carbocycles. The molecule has 1 atom stereocenters. The topological polar surface area (TPSA) is 64.7 Å². The third-order valence-corrected chi connectivity index (χ3v) is 2.69. The van der Waals surface area contributed by atoms with Gasteiger partial charge in [-0.05, 0) is 26.0 Å². The molecule has 5 heteroatoms. The first kappa shape index (κ1) is 12.0. The smallest absolute Gasteiger partial charge is 0.178 e. The van der Waals surface area contributed by atoms with Crippen molar-refractivity contribution in [3.63, 3.8) is 0 Å². The van der Waals surface area contributed by atoms with E-state index in [0.29, 0.717) is 16.5 Å². The first-order chi connectivity index (χ1) is 8.08. The number of pyridine rings is 1. The molecule has 0 bridgehead atoms. The van der Waals surface area contributed by atoms with Crippen LogP contribution in [0, 0.1) is 6.92 Å². The van der Waals surface area contributed by atoms with E-state index in [1.54, 1.807) is 24.5 Å². The summed E-state index contributed by atoms with van der Waals surface area (Å²) in [4.78, 5) is 12.8. The second-order valence-corrected chi connectivity index (χ2v) is 4.32. The van der Waals surface area contributed by atoms with Gasteiger partial charge in [0, 0.05) is 29.7 Å². The highest BCUT2D eigenvalue weighted by molar-refractivity contribution is 6.30. The molecule has 17 heavy (non-hydrogen) atoms. The summed E-state index contributed by atoms with van der Waals surface area (Å²) in [6, 6.07) is 3.49. The molecule has 2 aromatic heterocycles. The van der Waals surface area contributed by atoms with E-state index in [0.717, 1.165) is 11.3 Å². The van der Waals surface area contributed by atoms with Gasteiger partial charge in [-0.25, -0.2) is 9.97 Å². The van der Waals surface area contributed by atoms with E-state index in [9.17, 15) is 0 Å². The Labute approximate surface area is 105 Å². The second kappa shape index (κ2) is 4.77. The van der Waals surface area contributed by atoms with Crippen LogP contribution in [-0.2, 0) is 0 Å². The van der Waals surface area contributed by atoms with Gasteiger partial charge in [0.25, 0.3) is 0 Å². The maximum Gasteiger partial charge on any atom is 0.178 e. The zero-order chi connectivity index (χ0) is 12.4. The van der Waals surface area contributed by atoms with Crippen molar-refractivity contribution in [3.8, 4) is 11.5 Å². The van der Waals surface area contributed by atoms with Gasteiger partial charge in [-0.3, -0.25) is 4.98 Å². The summed E-state index contributed by atoms with van der Waals surface area (Å²) in [5.41, 5.74) is 8.34. The summed E-state index contributed by atoms with van der Waals surface area (Å²) >= 11 is 5.78. The maximum atomic E-state index is 5.81. The molecule has 0 radical (unpaired) electrons. The van der Waals surface area contributed by atoms with Gasteiger partial charge in [-0.1, -0.05) is 11.6 Å². The lowest BCUT2D eigenvalue weighted by Crippen LogP contribution is -2.09. The number of halogens is 1. The number of nitrogens with two attached hydrogens (primary N) is 1. The molecule has 0 unspecified atom stereocenters. The predicted octanol–water partition coefficient (Wildman–Crippen LogP) is 2.52. The molecule has 4 nitrogen and oxygen atoms in total. The first-order valence-corrected chi connectivity index (χ1v) is 5.67. The number of nitrogens with zero attached hydrogens (tertiary/aromatic N) is 3. The molecule has 0 spiro atoms. The SMILES string of the molecule is Cc1nc(-c2ccc(Cl)cn2)ncc1[C@@H](C)N. The van der Waals surface area contributed by atoms with Crippen LogP contribution < -0.4 is 5.73 Å². The minimum Gasteiger partial charge on any atom is -0.324 e. The molecule has 0 aliphatic heterocycles. The van der Waals surface area contributed by atoms with E-state index in [1.807, 2.05) is 13.8 Å². The Morgan fingerprint density at radius 1 is 1.24 bits per heavy atom. The van der Waals surface area contributed by atoms with Crippen LogP contribution in [0.5, 0.6) is 0 Å². The number of aryl methyl sites for hydroxylation is 1. The van der Waals surface area contributed by atoms with Gasteiger partial charge in [-0.15, -0.1) is 0 Å². The molecular weight excluding hydrogens is 236 g/mol. The van der Waals surface area contributed by atoms with Crippen LogP contribution in [0.3, 0.4) is 0 Å². The van der Waals surface area contributed by atoms with Gasteiger partial charge < -0.3 is 5.73 Å². The van der Waals surface area contributed by atoms with Gasteiger partial charge in [0.15, 0.2) is 5.82 Å². The molecule has 0 aliphatic carbocycles. The van der Waals surface area contributed by atoms with E-state index in [1.165, 1.54) is 0 Å². The standard InChI is InChI=1S/C12H13ClN4/c1-7(14)10-6-16-12(17-8(10)2)11-4-3-9(13)5-15-11/h3-7H,14H2,1-2H3/t7-/m1/s1.